The van der Waals surface area contributed by atoms with Gasteiger partial charge in [-0.2, -0.15) is 0 Å². The third-order valence-corrected chi connectivity index (χ3v) is 3.17. The highest BCUT2D eigenvalue weighted by Crippen LogP contribution is 2.18. The summed E-state index contributed by atoms with van der Waals surface area (Å²) in [5.74, 6) is 0.566. The van der Waals surface area contributed by atoms with Gasteiger partial charge >= 0.3 is 0 Å². The minimum atomic E-state index is 0.312. The predicted octanol–water partition coefficient (Wildman–Crippen LogP) is 3.65. The maximum Gasteiger partial charge on any atom is 0.0437 e. The van der Waals surface area contributed by atoms with Gasteiger partial charge in [0.1, 0.15) is 0 Å². The van der Waals surface area contributed by atoms with Crippen molar-refractivity contribution in [3.63, 3.8) is 0 Å². The Kier molecular flexibility index (Phi) is 5.13. The van der Waals surface area contributed by atoms with E-state index in [-0.39, 0.29) is 0 Å². The summed E-state index contributed by atoms with van der Waals surface area (Å²) < 4.78 is 0. The Labute approximate surface area is 97.6 Å². The lowest BCUT2D eigenvalue weighted by molar-refractivity contribution is 0.452. The lowest BCUT2D eigenvalue weighted by Crippen LogP contribution is -2.26. The van der Waals surface area contributed by atoms with Crippen LogP contribution in [0.2, 0.25) is 5.02 Å². The largest absolute Gasteiger partial charge is 0.327 e. The van der Waals surface area contributed by atoms with Crippen molar-refractivity contribution in [1.29, 1.82) is 0 Å². The van der Waals surface area contributed by atoms with Gasteiger partial charge in [0, 0.05) is 11.1 Å². The van der Waals surface area contributed by atoms with Gasteiger partial charge in [-0.15, -0.1) is 0 Å². The highest BCUT2D eigenvalue weighted by molar-refractivity contribution is 6.31. The molecule has 0 aliphatic rings. The normalized spacial score (nSPS) is 13.1. The number of benzene rings is 1. The van der Waals surface area contributed by atoms with Gasteiger partial charge in [-0.3, -0.25) is 0 Å². The number of nitrogens with two attached hydrogens (primary N) is 1. The van der Waals surface area contributed by atoms with E-state index in [1.54, 1.807) is 0 Å². The molecule has 0 bridgehead atoms. The molecule has 0 heterocycles. The molecule has 0 aliphatic heterocycles. The SMILES string of the molecule is CC(C)C(N)CCCc1ccccc1Cl. The Balaban J connectivity index is 2.35. The van der Waals surface area contributed by atoms with E-state index in [0.29, 0.717) is 12.0 Å². The van der Waals surface area contributed by atoms with Crippen molar-refractivity contribution in [2.45, 2.75) is 39.2 Å². The summed E-state index contributed by atoms with van der Waals surface area (Å²) in [6, 6.07) is 8.34. The monoisotopic (exact) mass is 225 g/mol. The van der Waals surface area contributed by atoms with Crippen LogP contribution in [0.1, 0.15) is 32.3 Å². The van der Waals surface area contributed by atoms with Crippen molar-refractivity contribution in [2.24, 2.45) is 11.7 Å². The lowest BCUT2D eigenvalue weighted by atomic mass is 9.98. The fraction of sp³-hybridized carbons (Fsp3) is 0.538. The number of hydrogen-bond donors (Lipinski definition) is 1. The van der Waals surface area contributed by atoms with E-state index in [1.165, 1.54) is 5.56 Å². The third kappa shape index (κ3) is 4.23. The molecule has 1 rings (SSSR count). The summed E-state index contributed by atoms with van der Waals surface area (Å²) in [6.07, 6.45) is 3.21. The first-order chi connectivity index (χ1) is 7.11. The van der Waals surface area contributed by atoms with Crippen LogP contribution in [-0.4, -0.2) is 6.04 Å². The summed E-state index contributed by atoms with van der Waals surface area (Å²) in [4.78, 5) is 0. The molecule has 0 saturated carbocycles. The van der Waals surface area contributed by atoms with Crippen molar-refractivity contribution >= 4 is 11.6 Å². The van der Waals surface area contributed by atoms with E-state index in [2.05, 4.69) is 19.9 Å². The van der Waals surface area contributed by atoms with E-state index in [9.17, 15) is 0 Å². The summed E-state index contributed by atoms with van der Waals surface area (Å²) in [5, 5.41) is 0.871. The first-order valence-electron chi connectivity index (χ1n) is 5.60. The third-order valence-electron chi connectivity index (χ3n) is 2.80. The second-order valence-electron chi connectivity index (χ2n) is 4.39. The molecule has 0 radical (unpaired) electrons. The number of rotatable bonds is 5. The average molecular weight is 226 g/mol. The van der Waals surface area contributed by atoms with Crippen molar-refractivity contribution in [3.8, 4) is 0 Å². The number of halogens is 1. The topological polar surface area (TPSA) is 26.0 Å². The molecule has 1 aromatic rings. The quantitative estimate of drug-likeness (QED) is 0.814. The highest BCUT2D eigenvalue weighted by Gasteiger charge is 2.07. The first-order valence-corrected chi connectivity index (χ1v) is 5.98. The van der Waals surface area contributed by atoms with Crippen molar-refractivity contribution in [2.75, 3.05) is 0 Å². The van der Waals surface area contributed by atoms with E-state index >= 15 is 0 Å². The molecule has 0 saturated heterocycles. The predicted molar refractivity (Wildman–Crippen MR) is 67.2 cm³/mol. The van der Waals surface area contributed by atoms with Gasteiger partial charge < -0.3 is 5.73 Å². The van der Waals surface area contributed by atoms with Crippen molar-refractivity contribution in [3.05, 3.63) is 34.9 Å². The fourth-order valence-electron chi connectivity index (χ4n) is 1.56. The first kappa shape index (κ1) is 12.5. The summed E-state index contributed by atoms with van der Waals surface area (Å²) in [5.41, 5.74) is 7.22. The zero-order chi connectivity index (χ0) is 11.3. The summed E-state index contributed by atoms with van der Waals surface area (Å²) >= 11 is 6.07. The van der Waals surface area contributed by atoms with Gasteiger partial charge in [0.25, 0.3) is 0 Å². The van der Waals surface area contributed by atoms with Gasteiger partial charge in [-0.1, -0.05) is 43.6 Å². The van der Waals surface area contributed by atoms with E-state index in [0.717, 1.165) is 24.3 Å². The maximum absolute atomic E-state index is 6.07. The molecular formula is C13H20ClN. The van der Waals surface area contributed by atoms with Gasteiger partial charge in [-0.05, 0) is 36.8 Å². The molecular weight excluding hydrogens is 206 g/mol. The minimum absolute atomic E-state index is 0.312. The second-order valence-corrected chi connectivity index (χ2v) is 4.80. The van der Waals surface area contributed by atoms with Gasteiger partial charge in [0.15, 0.2) is 0 Å². The summed E-state index contributed by atoms with van der Waals surface area (Å²) in [7, 11) is 0. The van der Waals surface area contributed by atoms with Crippen LogP contribution in [0.15, 0.2) is 24.3 Å². The molecule has 84 valence electrons. The minimum Gasteiger partial charge on any atom is -0.327 e. The molecule has 0 aliphatic carbocycles. The molecule has 1 atom stereocenters. The van der Waals surface area contributed by atoms with Crippen LogP contribution in [0.3, 0.4) is 0 Å². The Morgan fingerprint density at radius 3 is 2.53 bits per heavy atom. The van der Waals surface area contributed by atoms with Crippen molar-refractivity contribution < 1.29 is 0 Å². The maximum atomic E-state index is 6.07. The smallest absolute Gasteiger partial charge is 0.0437 e. The molecule has 0 fully saturated rings. The lowest BCUT2D eigenvalue weighted by Gasteiger charge is -2.15. The van der Waals surface area contributed by atoms with Crippen LogP contribution in [0, 0.1) is 5.92 Å². The molecule has 0 aromatic heterocycles. The summed E-state index contributed by atoms with van der Waals surface area (Å²) in [6.45, 7) is 4.33. The molecule has 1 nitrogen and oxygen atoms in total. The van der Waals surface area contributed by atoms with Crippen LogP contribution >= 0.6 is 11.6 Å². The van der Waals surface area contributed by atoms with Crippen LogP contribution < -0.4 is 5.73 Å². The Bertz CT molecular complexity index is 296. The molecule has 1 aromatic carbocycles. The molecule has 0 amide bonds. The van der Waals surface area contributed by atoms with Crippen LogP contribution in [0.4, 0.5) is 0 Å². The Morgan fingerprint density at radius 2 is 1.93 bits per heavy atom. The van der Waals surface area contributed by atoms with Crippen molar-refractivity contribution in [1.82, 2.24) is 0 Å². The molecule has 2 N–H and O–H groups in total. The highest BCUT2D eigenvalue weighted by atomic mass is 35.5. The van der Waals surface area contributed by atoms with Crippen LogP contribution in [0.5, 0.6) is 0 Å². The second kappa shape index (κ2) is 6.14. The van der Waals surface area contributed by atoms with Crippen LogP contribution in [-0.2, 0) is 6.42 Å². The van der Waals surface area contributed by atoms with Gasteiger partial charge in [-0.25, -0.2) is 0 Å². The molecule has 2 heteroatoms. The molecule has 15 heavy (non-hydrogen) atoms. The number of hydrogen-bond acceptors (Lipinski definition) is 1. The van der Waals surface area contributed by atoms with Gasteiger partial charge in [0.2, 0.25) is 0 Å². The van der Waals surface area contributed by atoms with E-state index in [1.807, 2.05) is 18.2 Å². The van der Waals surface area contributed by atoms with E-state index in [4.69, 9.17) is 17.3 Å². The molecule has 0 spiro atoms. The Morgan fingerprint density at radius 1 is 1.27 bits per heavy atom. The zero-order valence-electron chi connectivity index (χ0n) is 9.54. The van der Waals surface area contributed by atoms with Crippen LogP contribution in [0.25, 0.3) is 0 Å². The Hall–Kier alpha value is -0.530. The van der Waals surface area contributed by atoms with E-state index < -0.39 is 0 Å². The average Bonchev–Trinajstić information content (AvgIpc) is 2.20. The molecule has 1 unspecified atom stereocenters. The zero-order valence-corrected chi connectivity index (χ0v) is 10.3. The number of aryl methyl sites for hydroxylation is 1. The van der Waals surface area contributed by atoms with Gasteiger partial charge in [0.05, 0.1) is 0 Å². The standard InChI is InChI=1S/C13H20ClN/c1-10(2)13(15)9-5-7-11-6-3-4-8-12(11)14/h3-4,6,8,10,13H,5,7,9,15H2,1-2H3. The fourth-order valence-corrected chi connectivity index (χ4v) is 1.79.